The molecular weight excluding hydrogens is 544 g/mol. The van der Waals surface area contributed by atoms with Crippen LogP contribution in [0.3, 0.4) is 0 Å². The Morgan fingerprint density at radius 2 is 1.18 bits per heavy atom. The molecular formula is C43H30N2. The topological polar surface area (TPSA) is 17.8 Å². The molecule has 9 rings (SSSR count). The SMILES string of the molecule is [2H]C([2H])([2H])C([2H])([2H])c1nc2ccccc2n1-c1ccc2cc(-c3c4ccccc4c(-c4cccc5ccccc45)c4ccccc34)ccc2c1. The fourth-order valence-electron chi connectivity index (χ4n) is 7.07. The summed E-state index contributed by atoms with van der Waals surface area (Å²) < 4.78 is 42.7. The predicted molar refractivity (Wildman–Crippen MR) is 191 cm³/mol. The van der Waals surface area contributed by atoms with Gasteiger partial charge in [0.1, 0.15) is 5.82 Å². The maximum absolute atomic E-state index is 8.59. The minimum atomic E-state index is -2.90. The smallest absolute Gasteiger partial charge is 0.114 e. The molecule has 2 nitrogen and oxygen atoms in total. The summed E-state index contributed by atoms with van der Waals surface area (Å²) >= 11 is 0. The van der Waals surface area contributed by atoms with Crippen LogP contribution in [0.25, 0.3) is 82.1 Å². The molecule has 0 spiro atoms. The molecule has 0 bridgehead atoms. The van der Waals surface area contributed by atoms with Gasteiger partial charge in [0, 0.05) is 18.9 Å². The van der Waals surface area contributed by atoms with Crippen molar-refractivity contribution in [2.75, 3.05) is 0 Å². The number of aromatic nitrogens is 2. The van der Waals surface area contributed by atoms with Gasteiger partial charge in [0.15, 0.2) is 0 Å². The molecule has 45 heavy (non-hydrogen) atoms. The number of rotatable bonds is 4. The molecule has 0 aliphatic heterocycles. The quantitative estimate of drug-likeness (QED) is 0.190. The molecule has 9 aromatic rings. The number of nitrogens with zero attached hydrogens (tertiary/aromatic N) is 2. The van der Waals surface area contributed by atoms with Crippen molar-refractivity contribution in [3.05, 3.63) is 157 Å². The van der Waals surface area contributed by atoms with Gasteiger partial charge in [-0.1, -0.05) is 128 Å². The summed E-state index contributed by atoms with van der Waals surface area (Å²) in [5.41, 5.74) is 6.53. The first-order chi connectivity index (χ1) is 24.2. The highest BCUT2D eigenvalue weighted by Crippen LogP contribution is 2.45. The highest BCUT2D eigenvalue weighted by Gasteiger charge is 2.18. The number of fused-ring (bicyclic) bond motifs is 5. The van der Waals surface area contributed by atoms with Crippen LogP contribution < -0.4 is 0 Å². The fraction of sp³-hybridized carbons (Fsp3) is 0.0465. The zero-order valence-corrected chi connectivity index (χ0v) is 24.3. The van der Waals surface area contributed by atoms with Gasteiger partial charge in [0.05, 0.1) is 11.0 Å². The minimum Gasteiger partial charge on any atom is -0.296 e. The summed E-state index contributed by atoms with van der Waals surface area (Å²) in [6, 6.07) is 52.0. The average Bonchev–Trinajstić information content (AvgIpc) is 3.53. The number of benzene rings is 8. The monoisotopic (exact) mass is 579 g/mol. The Morgan fingerprint density at radius 1 is 0.556 bits per heavy atom. The Kier molecular flexibility index (Phi) is 4.76. The predicted octanol–water partition coefficient (Wildman–Crippen LogP) is 11.5. The molecule has 212 valence electrons. The van der Waals surface area contributed by atoms with E-state index in [2.05, 4.69) is 114 Å². The van der Waals surface area contributed by atoms with Crippen LogP contribution in [0.4, 0.5) is 0 Å². The lowest BCUT2D eigenvalue weighted by atomic mass is 9.84. The Balaban J connectivity index is 1.25. The highest BCUT2D eigenvalue weighted by molar-refractivity contribution is 6.23. The lowest BCUT2D eigenvalue weighted by molar-refractivity contribution is 0.909. The molecule has 0 aliphatic carbocycles. The second-order valence-electron chi connectivity index (χ2n) is 11.5. The van der Waals surface area contributed by atoms with E-state index in [1.54, 1.807) is 10.6 Å². The molecule has 0 saturated carbocycles. The van der Waals surface area contributed by atoms with Gasteiger partial charge in [-0.2, -0.15) is 0 Å². The number of hydrogen-bond acceptors (Lipinski definition) is 1. The normalized spacial score (nSPS) is 14.0. The first-order valence-corrected chi connectivity index (χ1v) is 15.1. The van der Waals surface area contributed by atoms with Crippen LogP contribution in [0, 0.1) is 0 Å². The Labute approximate surface area is 268 Å². The maximum Gasteiger partial charge on any atom is 0.114 e. The molecule has 0 atom stereocenters. The van der Waals surface area contributed by atoms with Crippen LogP contribution >= 0.6 is 0 Å². The average molecular weight is 580 g/mol. The van der Waals surface area contributed by atoms with E-state index in [1.165, 1.54) is 49.0 Å². The number of aryl methyl sites for hydroxylation is 1. The third-order valence-electron chi connectivity index (χ3n) is 9.03. The molecule has 0 N–H and O–H groups in total. The summed E-state index contributed by atoms with van der Waals surface area (Å²) in [7, 11) is 0. The summed E-state index contributed by atoms with van der Waals surface area (Å²) in [6.07, 6.45) is -2.66. The first-order valence-electron chi connectivity index (χ1n) is 17.6. The molecule has 8 aromatic carbocycles. The van der Waals surface area contributed by atoms with Crippen LogP contribution in [0.1, 0.15) is 19.5 Å². The van der Waals surface area contributed by atoms with Crippen molar-refractivity contribution in [1.29, 1.82) is 0 Å². The Bertz CT molecular complexity index is 2730. The summed E-state index contributed by atoms with van der Waals surface area (Å²) in [5, 5.41) is 9.12. The third-order valence-corrected chi connectivity index (χ3v) is 9.03. The van der Waals surface area contributed by atoms with Gasteiger partial charge in [-0.25, -0.2) is 4.98 Å². The van der Waals surface area contributed by atoms with Crippen molar-refractivity contribution in [3.8, 4) is 27.9 Å². The van der Waals surface area contributed by atoms with E-state index in [9.17, 15) is 0 Å². The van der Waals surface area contributed by atoms with Crippen LogP contribution in [-0.2, 0) is 6.37 Å². The largest absolute Gasteiger partial charge is 0.296 e. The zero-order chi connectivity index (χ0) is 34.2. The van der Waals surface area contributed by atoms with Gasteiger partial charge in [-0.15, -0.1) is 0 Å². The van der Waals surface area contributed by atoms with Gasteiger partial charge in [0.2, 0.25) is 0 Å². The third kappa shape index (κ3) is 3.99. The highest BCUT2D eigenvalue weighted by atomic mass is 15.1. The molecule has 1 aromatic heterocycles. The minimum absolute atomic E-state index is 0.140. The molecule has 2 heteroatoms. The fourth-order valence-corrected chi connectivity index (χ4v) is 7.07. The second-order valence-corrected chi connectivity index (χ2v) is 11.5. The molecule has 0 amide bonds. The molecule has 0 aliphatic rings. The van der Waals surface area contributed by atoms with Crippen molar-refractivity contribution in [3.63, 3.8) is 0 Å². The van der Waals surface area contributed by atoms with Crippen molar-refractivity contribution in [2.45, 2.75) is 13.2 Å². The molecule has 0 radical (unpaired) electrons. The zero-order valence-electron chi connectivity index (χ0n) is 29.3. The van der Waals surface area contributed by atoms with E-state index in [-0.39, 0.29) is 5.82 Å². The Hall–Kier alpha value is -5.73. The number of imidazole rings is 1. The second kappa shape index (κ2) is 10.2. The summed E-state index contributed by atoms with van der Waals surface area (Å²) in [5.74, 6) is -0.140. The van der Waals surface area contributed by atoms with Crippen LogP contribution in [0.5, 0.6) is 0 Å². The maximum atomic E-state index is 8.59. The van der Waals surface area contributed by atoms with Crippen LogP contribution in [0.2, 0.25) is 0 Å². The van der Waals surface area contributed by atoms with Crippen molar-refractivity contribution < 1.29 is 6.85 Å². The van der Waals surface area contributed by atoms with E-state index in [0.717, 1.165) is 16.3 Å². The molecule has 0 saturated heterocycles. The molecule has 1 heterocycles. The van der Waals surface area contributed by atoms with E-state index in [0.29, 0.717) is 16.7 Å². The van der Waals surface area contributed by atoms with Gasteiger partial charge in [-0.05, 0) is 95.7 Å². The van der Waals surface area contributed by atoms with Crippen molar-refractivity contribution in [2.24, 2.45) is 0 Å². The van der Waals surface area contributed by atoms with Crippen LogP contribution in [0.15, 0.2) is 152 Å². The lowest BCUT2D eigenvalue weighted by Crippen LogP contribution is -2.00. The first kappa shape index (κ1) is 21.1. The van der Waals surface area contributed by atoms with Gasteiger partial charge in [0.25, 0.3) is 0 Å². The molecule has 0 unspecified atom stereocenters. The standard InChI is InChI=1S/C43H30N2/c1-2-41-44-39-20-9-10-21-40(39)45(41)32-25-24-29-26-31(23-22-30(29)27-32)42-35-15-5-7-17-37(35)43(38-18-8-6-16-36(38)42)34-19-11-13-28-12-3-4-14-33(28)34/h3-27H,2H2,1H3/i1D3,2D2. The van der Waals surface area contributed by atoms with E-state index in [1.807, 2.05) is 36.4 Å². The van der Waals surface area contributed by atoms with Crippen molar-refractivity contribution in [1.82, 2.24) is 9.55 Å². The Morgan fingerprint density at radius 3 is 1.96 bits per heavy atom. The van der Waals surface area contributed by atoms with Gasteiger partial charge in [-0.3, -0.25) is 4.57 Å². The lowest BCUT2D eigenvalue weighted by Gasteiger charge is -2.19. The van der Waals surface area contributed by atoms with Crippen molar-refractivity contribution >= 4 is 54.1 Å². The van der Waals surface area contributed by atoms with E-state index in [4.69, 9.17) is 6.85 Å². The van der Waals surface area contributed by atoms with E-state index < -0.39 is 13.2 Å². The van der Waals surface area contributed by atoms with Gasteiger partial charge >= 0.3 is 0 Å². The summed E-state index contributed by atoms with van der Waals surface area (Å²) in [4.78, 5) is 4.49. The summed E-state index contributed by atoms with van der Waals surface area (Å²) in [6.45, 7) is -2.90. The number of para-hydroxylation sites is 2. The molecule has 0 fully saturated rings. The van der Waals surface area contributed by atoms with Crippen LogP contribution in [-0.4, -0.2) is 9.55 Å². The van der Waals surface area contributed by atoms with Gasteiger partial charge < -0.3 is 0 Å². The number of hydrogen-bond donors (Lipinski definition) is 0. The van der Waals surface area contributed by atoms with E-state index >= 15 is 0 Å².